The highest BCUT2D eigenvalue weighted by Crippen LogP contribution is 2.45. The van der Waals surface area contributed by atoms with Gasteiger partial charge >= 0.3 is 0 Å². The maximum atomic E-state index is 11.7. The highest BCUT2D eigenvalue weighted by atomic mass is 79.9. The van der Waals surface area contributed by atoms with E-state index in [2.05, 4.69) is 20.9 Å². The summed E-state index contributed by atoms with van der Waals surface area (Å²) in [7, 11) is 1.57. The number of rotatable bonds is 7. The van der Waals surface area contributed by atoms with Crippen LogP contribution in [0, 0.1) is 0 Å². The number of thiazole rings is 1. The van der Waals surface area contributed by atoms with Crippen LogP contribution in [-0.2, 0) is 5.60 Å². The number of halogens is 1. The number of ether oxygens (including phenoxy) is 2. The molecular formula is C19H21BrN2O3S. The third kappa shape index (κ3) is 3.43. The van der Waals surface area contributed by atoms with Crippen molar-refractivity contribution in [2.24, 2.45) is 0 Å². The van der Waals surface area contributed by atoms with Gasteiger partial charge in [0.1, 0.15) is 10.6 Å². The first-order valence-electron chi connectivity index (χ1n) is 8.47. The van der Waals surface area contributed by atoms with Gasteiger partial charge in [0.2, 0.25) is 0 Å². The zero-order valence-electron chi connectivity index (χ0n) is 15.0. The van der Waals surface area contributed by atoms with Gasteiger partial charge in [0.15, 0.2) is 11.5 Å². The van der Waals surface area contributed by atoms with Crippen LogP contribution in [0.2, 0.25) is 0 Å². The van der Waals surface area contributed by atoms with Crippen molar-refractivity contribution in [1.29, 1.82) is 0 Å². The molecule has 0 saturated carbocycles. The van der Waals surface area contributed by atoms with Crippen molar-refractivity contribution in [2.45, 2.75) is 32.3 Å². The fraction of sp³-hybridized carbons (Fsp3) is 0.368. The molecule has 1 unspecified atom stereocenters. The zero-order chi connectivity index (χ0) is 18.7. The molecule has 0 fully saturated rings. The molecule has 0 spiro atoms. The Morgan fingerprint density at radius 2 is 2.08 bits per heavy atom. The van der Waals surface area contributed by atoms with Crippen LogP contribution in [0.4, 0.5) is 0 Å². The third-order valence-corrected chi connectivity index (χ3v) is 5.80. The van der Waals surface area contributed by atoms with Crippen LogP contribution < -0.4 is 9.47 Å². The van der Waals surface area contributed by atoms with Crippen molar-refractivity contribution >= 4 is 37.5 Å². The Labute approximate surface area is 165 Å². The molecule has 2 heterocycles. The molecule has 26 heavy (non-hydrogen) atoms. The van der Waals surface area contributed by atoms with E-state index in [1.165, 1.54) is 11.3 Å². The van der Waals surface area contributed by atoms with Crippen LogP contribution in [0.1, 0.15) is 37.3 Å². The summed E-state index contributed by atoms with van der Waals surface area (Å²) >= 11 is 4.97. The number of aliphatic hydroxyl groups is 1. The first-order chi connectivity index (χ1) is 12.5. The van der Waals surface area contributed by atoms with Gasteiger partial charge in [0.25, 0.3) is 0 Å². The summed E-state index contributed by atoms with van der Waals surface area (Å²) in [5.41, 5.74) is 0.145. The van der Waals surface area contributed by atoms with E-state index in [1.807, 2.05) is 32.0 Å². The lowest BCUT2D eigenvalue weighted by Gasteiger charge is -2.28. The Morgan fingerprint density at radius 3 is 2.77 bits per heavy atom. The Bertz CT molecular complexity index is 915. The molecule has 1 N–H and O–H groups in total. The van der Waals surface area contributed by atoms with Crippen molar-refractivity contribution < 1.29 is 14.6 Å². The molecule has 138 valence electrons. The van der Waals surface area contributed by atoms with E-state index in [4.69, 9.17) is 14.5 Å². The monoisotopic (exact) mass is 436 g/mol. The largest absolute Gasteiger partial charge is 0.491 e. The molecule has 0 saturated heterocycles. The van der Waals surface area contributed by atoms with Gasteiger partial charge in [-0.15, -0.1) is 11.3 Å². The van der Waals surface area contributed by atoms with Gasteiger partial charge in [-0.2, -0.15) is 0 Å². The van der Waals surface area contributed by atoms with Gasteiger partial charge in [-0.3, -0.25) is 4.98 Å². The molecule has 0 aliphatic rings. The smallest absolute Gasteiger partial charge is 0.179 e. The van der Waals surface area contributed by atoms with Crippen LogP contribution >= 0.6 is 27.3 Å². The number of hydrogen-bond donors (Lipinski definition) is 1. The molecule has 2 aromatic heterocycles. The van der Waals surface area contributed by atoms with Gasteiger partial charge in [-0.05, 0) is 31.5 Å². The maximum absolute atomic E-state index is 11.7. The molecule has 0 amide bonds. The molecule has 0 radical (unpaired) electrons. The predicted molar refractivity (Wildman–Crippen MR) is 107 cm³/mol. The highest BCUT2D eigenvalue weighted by Gasteiger charge is 2.38. The van der Waals surface area contributed by atoms with Crippen molar-refractivity contribution in [1.82, 2.24) is 9.97 Å². The van der Waals surface area contributed by atoms with E-state index in [9.17, 15) is 5.11 Å². The van der Waals surface area contributed by atoms with E-state index in [1.54, 1.807) is 19.5 Å². The van der Waals surface area contributed by atoms with Gasteiger partial charge in [-0.25, -0.2) is 4.98 Å². The first-order valence-corrected chi connectivity index (χ1v) is 10.1. The number of methoxy groups -OCH3 is 1. The van der Waals surface area contributed by atoms with Gasteiger partial charge < -0.3 is 14.6 Å². The van der Waals surface area contributed by atoms with Crippen molar-refractivity contribution in [2.75, 3.05) is 13.7 Å². The van der Waals surface area contributed by atoms with Crippen LogP contribution in [0.25, 0.3) is 10.2 Å². The van der Waals surface area contributed by atoms with Crippen LogP contribution in [0.3, 0.4) is 0 Å². The van der Waals surface area contributed by atoms with Gasteiger partial charge in [-0.1, -0.05) is 29.3 Å². The fourth-order valence-electron chi connectivity index (χ4n) is 2.96. The van der Waals surface area contributed by atoms with E-state index >= 15 is 0 Å². The molecule has 5 nitrogen and oxygen atoms in total. The molecule has 3 rings (SSSR count). The van der Waals surface area contributed by atoms with Gasteiger partial charge in [0.05, 0.1) is 35.7 Å². The van der Waals surface area contributed by atoms with Crippen LogP contribution in [0.15, 0.2) is 35.1 Å². The van der Waals surface area contributed by atoms with E-state index in [0.29, 0.717) is 35.1 Å². The minimum Gasteiger partial charge on any atom is -0.491 e. The molecule has 7 heteroatoms. The summed E-state index contributed by atoms with van der Waals surface area (Å²) in [5, 5.41) is 12.3. The first kappa shape index (κ1) is 19.1. The summed E-state index contributed by atoms with van der Waals surface area (Å²) in [6.07, 6.45) is 4.52. The Balaban J connectivity index is 2.21. The zero-order valence-corrected chi connectivity index (χ0v) is 17.4. The molecule has 1 atom stereocenters. The van der Waals surface area contributed by atoms with Gasteiger partial charge in [0, 0.05) is 10.7 Å². The van der Waals surface area contributed by atoms with E-state index in [0.717, 1.165) is 21.1 Å². The Morgan fingerprint density at radius 1 is 1.27 bits per heavy atom. The molecule has 0 aliphatic heterocycles. The minimum absolute atomic E-state index is 0.461. The summed E-state index contributed by atoms with van der Waals surface area (Å²) in [6.45, 7) is 4.39. The topological polar surface area (TPSA) is 64.5 Å². The van der Waals surface area contributed by atoms with E-state index in [-0.39, 0.29) is 0 Å². The number of nitrogens with zero attached hydrogens (tertiary/aromatic N) is 2. The SMILES string of the molecule is CCCC(O)(c1nc2ccc(Br)cc2s1)c1cncc(OC)c1OCC. The Hall–Kier alpha value is -1.70. The number of pyridine rings is 1. The van der Waals surface area contributed by atoms with Crippen molar-refractivity contribution in [3.05, 3.63) is 45.6 Å². The van der Waals surface area contributed by atoms with Crippen molar-refractivity contribution in [3.63, 3.8) is 0 Å². The van der Waals surface area contributed by atoms with Crippen molar-refractivity contribution in [3.8, 4) is 11.5 Å². The number of hydrogen-bond acceptors (Lipinski definition) is 6. The van der Waals surface area contributed by atoms with Crippen LogP contribution in [-0.4, -0.2) is 28.8 Å². The molecule has 0 bridgehead atoms. The summed E-state index contributed by atoms with van der Waals surface area (Å²) in [5.74, 6) is 1.02. The average Bonchev–Trinajstić information content (AvgIpc) is 3.06. The molecule has 3 aromatic rings. The summed E-state index contributed by atoms with van der Waals surface area (Å²) in [6, 6.07) is 5.90. The van der Waals surface area contributed by atoms with E-state index < -0.39 is 5.60 Å². The van der Waals surface area contributed by atoms with Crippen LogP contribution in [0.5, 0.6) is 11.5 Å². The second-order valence-electron chi connectivity index (χ2n) is 5.89. The number of benzene rings is 1. The number of fused-ring (bicyclic) bond motifs is 1. The minimum atomic E-state index is -1.29. The molecule has 0 aliphatic carbocycles. The second kappa shape index (κ2) is 7.90. The normalized spacial score (nSPS) is 13.6. The standard InChI is InChI=1S/C19H21BrN2O3S/c1-4-8-19(23,13-10-21-11-15(24-3)17(13)25-5-2)18-22-14-7-6-12(20)9-16(14)26-18/h6-7,9-11,23H,4-5,8H2,1-3H3. The third-order valence-electron chi connectivity index (χ3n) is 4.13. The average molecular weight is 437 g/mol. The number of aromatic nitrogens is 2. The Kier molecular flexibility index (Phi) is 5.79. The summed E-state index contributed by atoms with van der Waals surface area (Å²) in [4.78, 5) is 8.95. The maximum Gasteiger partial charge on any atom is 0.179 e. The quantitative estimate of drug-likeness (QED) is 0.570. The predicted octanol–water partition coefficient (Wildman–Crippen LogP) is 4.90. The second-order valence-corrected chi connectivity index (χ2v) is 7.84. The lowest BCUT2D eigenvalue weighted by atomic mass is 9.90. The summed E-state index contributed by atoms with van der Waals surface area (Å²) < 4.78 is 13.2. The molecular weight excluding hydrogens is 416 g/mol. The molecule has 1 aromatic carbocycles. The fourth-order valence-corrected chi connectivity index (χ4v) is 4.61. The lowest BCUT2D eigenvalue weighted by molar-refractivity contribution is 0.0657. The highest BCUT2D eigenvalue weighted by molar-refractivity contribution is 9.10. The lowest BCUT2D eigenvalue weighted by Crippen LogP contribution is -2.28.